The molecule has 0 aromatic carbocycles. The molecule has 160 valence electrons. The summed E-state index contributed by atoms with van der Waals surface area (Å²) < 4.78 is 4.88. The third kappa shape index (κ3) is 3.24. The van der Waals surface area contributed by atoms with Gasteiger partial charge in [-0.25, -0.2) is 0 Å². The van der Waals surface area contributed by atoms with Gasteiger partial charge in [0.15, 0.2) is 0 Å². The minimum Gasteiger partial charge on any atom is -0.469 e. The van der Waals surface area contributed by atoms with E-state index in [-0.39, 0.29) is 12.1 Å². The maximum atomic E-state index is 11.6. The number of ether oxygens (including phenoxy) is 1. The molecule has 0 aromatic rings. The van der Waals surface area contributed by atoms with Gasteiger partial charge in [0.2, 0.25) is 0 Å². The van der Waals surface area contributed by atoms with Crippen molar-refractivity contribution in [3.8, 4) is 0 Å². The summed E-state index contributed by atoms with van der Waals surface area (Å²) in [6, 6.07) is 0. The molecule has 1 N–H and O–H groups in total. The van der Waals surface area contributed by atoms with Crippen molar-refractivity contribution in [2.24, 2.45) is 46.3 Å². The summed E-state index contributed by atoms with van der Waals surface area (Å²) in [5, 5.41) is 10.2. The zero-order valence-corrected chi connectivity index (χ0v) is 18.6. The van der Waals surface area contributed by atoms with E-state index in [1.807, 2.05) is 0 Å². The summed E-state index contributed by atoms with van der Waals surface area (Å²) in [6.45, 7) is 7.56. The number of fused-ring (bicyclic) bond motifs is 5. The van der Waals surface area contributed by atoms with Crippen LogP contribution in [0.5, 0.6) is 0 Å². The van der Waals surface area contributed by atoms with Crippen molar-refractivity contribution in [2.45, 2.75) is 97.5 Å². The molecule has 4 aliphatic carbocycles. The standard InChI is InChI=1S/C25H42O3/c1-16(5-10-23(27)28-4)20-8-9-21-19-7-6-17-15-18(26)11-13-24(17,2)22(19)12-14-25(20,21)3/h16-22,26H,5-15H2,1-4H3/t16-,17-,18-,19+,20?,21+,22+,24+,25-/m1/s1. The highest BCUT2D eigenvalue weighted by molar-refractivity contribution is 5.69. The number of methoxy groups -OCH3 is 1. The van der Waals surface area contributed by atoms with Gasteiger partial charge >= 0.3 is 5.97 Å². The molecule has 0 radical (unpaired) electrons. The first-order valence-corrected chi connectivity index (χ1v) is 12.0. The number of carbonyl (C=O) groups excluding carboxylic acids is 1. The second-order valence-corrected chi connectivity index (χ2v) is 11.4. The Kier molecular flexibility index (Phi) is 5.61. The van der Waals surface area contributed by atoms with E-state index in [0.717, 1.165) is 48.9 Å². The number of aliphatic hydroxyl groups is 1. The number of rotatable bonds is 4. The minimum absolute atomic E-state index is 0.0463. The molecule has 3 heteroatoms. The Morgan fingerprint density at radius 1 is 1.04 bits per heavy atom. The van der Waals surface area contributed by atoms with Crippen LogP contribution in [0.1, 0.15) is 91.4 Å². The van der Waals surface area contributed by atoms with Gasteiger partial charge in [-0.1, -0.05) is 20.8 Å². The molecule has 0 amide bonds. The quantitative estimate of drug-likeness (QED) is 0.636. The molecule has 4 fully saturated rings. The van der Waals surface area contributed by atoms with Crippen LogP contribution < -0.4 is 0 Å². The molecule has 0 spiro atoms. The summed E-state index contributed by atoms with van der Waals surface area (Å²) >= 11 is 0. The molecule has 28 heavy (non-hydrogen) atoms. The average molecular weight is 391 g/mol. The molecular formula is C25H42O3. The van der Waals surface area contributed by atoms with Crippen molar-refractivity contribution >= 4 is 5.97 Å². The Labute approximate surface area is 172 Å². The normalized spacial score (nSPS) is 48.9. The Balaban J connectivity index is 1.48. The molecule has 0 aliphatic heterocycles. The summed E-state index contributed by atoms with van der Waals surface area (Å²) in [6.07, 6.45) is 13.1. The first kappa shape index (κ1) is 20.7. The van der Waals surface area contributed by atoms with Gasteiger partial charge in [0.05, 0.1) is 13.2 Å². The highest BCUT2D eigenvalue weighted by Gasteiger charge is 2.60. The molecular weight excluding hydrogens is 348 g/mol. The Morgan fingerprint density at radius 2 is 1.75 bits per heavy atom. The van der Waals surface area contributed by atoms with Gasteiger partial charge in [-0.05, 0) is 111 Å². The van der Waals surface area contributed by atoms with Crippen LogP contribution in [0.25, 0.3) is 0 Å². The first-order chi connectivity index (χ1) is 13.3. The zero-order chi connectivity index (χ0) is 20.1. The third-order valence-electron chi connectivity index (χ3n) is 10.4. The number of hydrogen-bond acceptors (Lipinski definition) is 3. The highest BCUT2D eigenvalue weighted by Crippen LogP contribution is 2.68. The summed E-state index contributed by atoms with van der Waals surface area (Å²) in [7, 11) is 1.50. The van der Waals surface area contributed by atoms with E-state index in [2.05, 4.69) is 20.8 Å². The SMILES string of the molecule is COC(=O)CC[C@@H](C)C1CC[C@H]2[C@@H]3CC[C@@H]4C[C@H](O)CC[C@]4(C)[C@H]3CC[C@]12C. The zero-order valence-electron chi connectivity index (χ0n) is 18.6. The van der Waals surface area contributed by atoms with Gasteiger partial charge in [-0.2, -0.15) is 0 Å². The molecule has 3 nitrogen and oxygen atoms in total. The predicted molar refractivity (Wildman–Crippen MR) is 112 cm³/mol. The van der Waals surface area contributed by atoms with Gasteiger partial charge in [-0.15, -0.1) is 0 Å². The summed E-state index contributed by atoms with van der Waals surface area (Å²) in [5.41, 5.74) is 0.937. The highest BCUT2D eigenvalue weighted by atomic mass is 16.5. The third-order valence-corrected chi connectivity index (χ3v) is 10.4. The lowest BCUT2D eigenvalue weighted by atomic mass is 9.44. The number of hydrogen-bond donors (Lipinski definition) is 1. The van der Waals surface area contributed by atoms with Crippen LogP contribution in [0, 0.1) is 46.3 Å². The number of esters is 1. The lowest BCUT2D eigenvalue weighted by molar-refractivity contribution is -0.141. The van der Waals surface area contributed by atoms with E-state index < -0.39 is 0 Å². The second kappa shape index (κ2) is 7.60. The van der Waals surface area contributed by atoms with Gasteiger partial charge in [0.25, 0.3) is 0 Å². The maximum absolute atomic E-state index is 11.6. The number of carbonyl (C=O) groups is 1. The van der Waals surface area contributed by atoms with E-state index in [0.29, 0.717) is 23.2 Å². The van der Waals surface area contributed by atoms with Crippen LogP contribution in [0.3, 0.4) is 0 Å². The predicted octanol–water partition coefficient (Wildman–Crippen LogP) is 5.60. The fraction of sp³-hybridized carbons (Fsp3) is 0.960. The van der Waals surface area contributed by atoms with Crippen molar-refractivity contribution in [3.63, 3.8) is 0 Å². The van der Waals surface area contributed by atoms with E-state index in [1.54, 1.807) is 0 Å². The van der Waals surface area contributed by atoms with Crippen LogP contribution in [-0.2, 0) is 9.53 Å². The van der Waals surface area contributed by atoms with Gasteiger partial charge < -0.3 is 9.84 Å². The van der Waals surface area contributed by atoms with E-state index in [4.69, 9.17) is 4.74 Å². The average Bonchev–Trinajstić information content (AvgIpc) is 3.03. The molecule has 0 heterocycles. The fourth-order valence-corrected chi connectivity index (χ4v) is 8.86. The van der Waals surface area contributed by atoms with Crippen LogP contribution in [0.15, 0.2) is 0 Å². The van der Waals surface area contributed by atoms with Gasteiger partial charge in [0, 0.05) is 6.42 Å². The van der Waals surface area contributed by atoms with E-state index in [9.17, 15) is 9.90 Å². The lowest BCUT2D eigenvalue weighted by Gasteiger charge is -2.61. The summed E-state index contributed by atoms with van der Waals surface area (Å²) in [5.74, 6) is 4.72. The van der Waals surface area contributed by atoms with Gasteiger partial charge in [-0.3, -0.25) is 4.79 Å². The van der Waals surface area contributed by atoms with Crippen LogP contribution in [0.2, 0.25) is 0 Å². The Hall–Kier alpha value is -0.570. The smallest absolute Gasteiger partial charge is 0.305 e. The van der Waals surface area contributed by atoms with Crippen LogP contribution in [-0.4, -0.2) is 24.3 Å². The molecule has 1 unspecified atom stereocenters. The van der Waals surface area contributed by atoms with Crippen molar-refractivity contribution in [1.82, 2.24) is 0 Å². The monoisotopic (exact) mass is 390 g/mol. The lowest BCUT2D eigenvalue weighted by Crippen LogP contribution is -2.54. The second-order valence-electron chi connectivity index (χ2n) is 11.4. The van der Waals surface area contributed by atoms with Gasteiger partial charge in [0.1, 0.15) is 0 Å². The molecule has 4 saturated carbocycles. The summed E-state index contributed by atoms with van der Waals surface area (Å²) in [4.78, 5) is 11.6. The van der Waals surface area contributed by atoms with Crippen LogP contribution in [0.4, 0.5) is 0 Å². The van der Waals surface area contributed by atoms with Crippen molar-refractivity contribution in [3.05, 3.63) is 0 Å². The van der Waals surface area contributed by atoms with E-state index >= 15 is 0 Å². The molecule has 9 atom stereocenters. The van der Waals surface area contributed by atoms with E-state index in [1.165, 1.54) is 52.1 Å². The Morgan fingerprint density at radius 3 is 2.50 bits per heavy atom. The topological polar surface area (TPSA) is 46.5 Å². The molecule has 0 aromatic heterocycles. The molecule has 4 rings (SSSR count). The molecule has 0 bridgehead atoms. The largest absolute Gasteiger partial charge is 0.469 e. The first-order valence-electron chi connectivity index (χ1n) is 12.0. The van der Waals surface area contributed by atoms with Crippen molar-refractivity contribution in [2.75, 3.05) is 7.11 Å². The Bertz CT molecular complexity index is 588. The maximum Gasteiger partial charge on any atom is 0.305 e. The fourth-order valence-electron chi connectivity index (χ4n) is 8.86. The van der Waals surface area contributed by atoms with Crippen molar-refractivity contribution < 1.29 is 14.6 Å². The molecule has 4 aliphatic rings. The molecule has 0 saturated heterocycles. The van der Waals surface area contributed by atoms with Crippen molar-refractivity contribution in [1.29, 1.82) is 0 Å². The minimum atomic E-state index is -0.0546. The van der Waals surface area contributed by atoms with Crippen LogP contribution >= 0.6 is 0 Å². The number of aliphatic hydroxyl groups excluding tert-OH is 1.